The van der Waals surface area contributed by atoms with Crippen LogP contribution in [0.3, 0.4) is 0 Å². The first-order chi connectivity index (χ1) is 13.2. The standard InChI is InChI=1S/C17H30N6O4S/c1-5-19-15(24)17(2,3)13-20-16(18-4)22-7-9-23(10-8-22)28(25,26)12-14-6-11-27-21-14/h6,11H,5,7-10,12-13H2,1-4H3,(H,18,20)(H,19,24). The molecule has 2 N–H and O–H groups in total. The number of rotatable bonds is 7. The van der Waals surface area contributed by atoms with E-state index in [1.165, 1.54) is 10.6 Å². The molecular formula is C17H30N6O4S. The molecule has 1 aliphatic heterocycles. The fourth-order valence-electron chi connectivity index (χ4n) is 2.88. The molecule has 1 aromatic rings. The second-order valence-corrected chi connectivity index (χ2v) is 9.25. The summed E-state index contributed by atoms with van der Waals surface area (Å²) in [6, 6.07) is 1.55. The summed E-state index contributed by atoms with van der Waals surface area (Å²) in [5.74, 6) is 0.463. The molecular weight excluding hydrogens is 384 g/mol. The van der Waals surface area contributed by atoms with Crippen LogP contribution in [0.15, 0.2) is 21.8 Å². The summed E-state index contributed by atoms with van der Waals surface area (Å²) in [5.41, 5.74) is -0.193. The summed E-state index contributed by atoms with van der Waals surface area (Å²) < 4.78 is 31.2. The molecule has 1 amide bonds. The Kier molecular flexibility index (Phi) is 7.41. The van der Waals surface area contributed by atoms with Crippen LogP contribution in [0, 0.1) is 5.41 Å². The molecule has 0 spiro atoms. The number of aromatic nitrogens is 1. The van der Waals surface area contributed by atoms with Crippen molar-refractivity contribution in [1.29, 1.82) is 0 Å². The van der Waals surface area contributed by atoms with Crippen molar-refractivity contribution in [2.45, 2.75) is 26.5 Å². The van der Waals surface area contributed by atoms with E-state index in [0.29, 0.717) is 50.9 Å². The molecule has 0 radical (unpaired) electrons. The van der Waals surface area contributed by atoms with Gasteiger partial charge in [0.25, 0.3) is 0 Å². The van der Waals surface area contributed by atoms with Gasteiger partial charge in [-0.1, -0.05) is 5.16 Å². The summed E-state index contributed by atoms with van der Waals surface area (Å²) in [5, 5.41) is 9.74. The van der Waals surface area contributed by atoms with Crippen molar-refractivity contribution in [3.8, 4) is 0 Å². The maximum Gasteiger partial charge on any atom is 0.227 e. The Morgan fingerprint density at radius 1 is 1.29 bits per heavy atom. The maximum absolute atomic E-state index is 12.5. The van der Waals surface area contributed by atoms with E-state index < -0.39 is 15.4 Å². The number of sulfonamides is 1. The van der Waals surface area contributed by atoms with Gasteiger partial charge in [0.05, 0.1) is 11.1 Å². The van der Waals surface area contributed by atoms with E-state index in [4.69, 9.17) is 4.52 Å². The van der Waals surface area contributed by atoms with E-state index in [2.05, 4.69) is 20.8 Å². The third kappa shape index (κ3) is 5.68. The largest absolute Gasteiger partial charge is 0.364 e. The predicted molar refractivity (Wildman–Crippen MR) is 106 cm³/mol. The summed E-state index contributed by atoms with van der Waals surface area (Å²) in [6.45, 7) is 8.38. The summed E-state index contributed by atoms with van der Waals surface area (Å²) in [6.07, 6.45) is 1.36. The SMILES string of the molecule is CCNC(=O)C(C)(C)CNC(=NC)N1CCN(S(=O)(=O)Cc2ccon2)CC1. The number of piperazine rings is 1. The van der Waals surface area contributed by atoms with E-state index >= 15 is 0 Å². The fraction of sp³-hybridized carbons (Fsp3) is 0.706. The van der Waals surface area contributed by atoms with E-state index in [0.717, 1.165) is 0 Å². The van der Waals surface area contributed by atoms with Crippen molar-refractivity contribution in [2.24, 2.45) is 10.4 Å². The third-order valence-corrected chi connectivity index (χ3v) is 6.42. The van der Waals surface area contributed by atoms with Crippen molar-refractivity contribution >= 4 is 21.9 Å². The highest BCUT2D eigenvalue weighted by molar-refractivity contribution is 7.88. The van der Waals surface area contributed by atoms with E-state index in [-0.39, 0.29) is 11.7 Å². The van der Waals surface area contributed by atoms with E-state index in [1.807, 2.05) is 25.7 Å². The van der Waals surface area contributed by atoms with Crippen LogP contribution in [0.5, 0.6) is 0 Å². The quantitative estimate of drug-likeness (QED) is 0.471. The molecule has 28 heavy (non-hydrogen) atoms. The molecule has 0 unspecified atom stereocenters. The minimum absolute atomic E-state index is 0.0262. The van der Waals surface area contributed by atoms with Crippen LogP contribution >= 0.6 is 0 Å². The van der Waals surface area contributed by atoms with Crippen LogP contribution < -0.4 is 10.6 Å². The number of nitrogens with one attached hydrogen (secondary N) is 2. The molecule has 0 aliphatic carbocycles. The van der Waals surface area contributed by atoms with Gasteiger partial charge in [-0.2, -0.15) is 4.31 Å². The van der Waals surface area contributed by atoms with Gasteiger partial charge in [0.1, 0.15) is 12.0 Å². The summed E-state index contributed by atoms with van der Waals surface area (Å²) in [7, 11) is -1.77. The van der Waals surface area contributed by atoms with Crippen molar-refractivity contribution in [1.82, 2.24) is 25.0 Å². The zero-order valence-electron chi connectivity index (χ0n) is 16.9. The molecule has 2 heterocycles. The molecule has 1 aliphatic rings. The monoisotopic (exact) mass is 414 g/mol. The van der Waals surface area contributed by atoms with Gasteiger partial charge in [-0.3, -0.25) is 9.79 Å². The predicted octanol–water partition coefficient (Wildman–Crippen LogP) is -0.140. The summed E-state index contributed by atoms with van der Waals surface area (Å²) in [4.78, 5) is 18.4. The number of aliphatic imine (C=N–C) groups is 1. The highest BCUT2D eigenvalue weighted by atomic mass is 32.2. The number of guanidine groups is 1. The molecule has 10 nitrogen and oxygen atoms in total. The van der Waals surface area contributed by atoms with Crippen LogP contribution in [0.25, 0.3) is 0 Å². The zero-order chi connectivity index (χ0) is 20.8. The molecule has 158 valence electrons. The lowest BCUT2D eigenvalue weighted by Gasteiger charge is -2.36. The third-order valence-electron chi connectivity index (χ3n) is 4.61. The molecule has 1 aromatic heterocycles. The average Bonchev–Trinajstić information content (AvgIpc) is 3.15. The molecule has 1 fully saturated rings. The Bertz CT molecular complexity index is 768. The van der Waals surface area contributed by atoms with E-state index in [9.17, 15) is 13.2 Å². The smallest absolute Gasteiger partial charge is 0.227 e. The Hall–Kier alpha value is -2.14. The normalized spacial score (nSPS) is 16.9. The first-order valence-electron chi connectivity index (χ1n) is 9.30. The average molecular weight is 415 g/mol. The number of carbonyl (C=O) groups is 1. The van der Waals surface area contributed by atoms with Gasteiger partial charge in [-0.25, -0.2) is 8.42 Å². The molecule has 0 atom stereocenters. The van der Waals surface area contributed by atoms with Crippen molar-refractivity contribution < 1.29 is 17.7 Å². The topological polar surface area (TPSA) is 120 Å². The van der Waals surface area contributed by atoms with E-state index in [1.54, 1.807) is 13.1 Å². The Balaban J connectivity index is 1.89. The van der Waals surface area contributed by atoms with Crippen molar-refractivity contribution in [2.75, 3.05) is 46.3 Å². The number of amides is 1. The van der Waals surface area contributed by atoms with Crippen LogP contribution in [0.2, 0.25) is 0 Å². The maximum atomic E-state index is 12.5. The zero-order valence-corrected chi connectivity index (χ0v) is 17.8. The van der Waals surface area contributed by atoms with Crippen LogP contribution in [-0.4, -0.2) is 81.0 Å². The van der Waals surface area contributed by atoms with Crippen molar-refractivity contribution in [3.63, 3.8) is 0 Å². The Morgan fingerprint density at radius 2 is 1.96 bits per heavy atom. The van der Waals surface area contributed by atoms with Gasteiger partial charge in [0.15, 0.2) is 5.96 Å². The minimum Gasteiger partial charge on any atom is -0.364 e. The second-order valence-electron chi connectivity index (χ2n) is 7.28. The Labute approximate surface area is 166 Å². The number of hydrogen-bond donors (Lipinski definition) is 2. The van der Waals surface area contributed by atoms with Crippen LogP contribution in [-0.2, 0) is 20.6 Å². The molecule has 2 rings (SSSR count). The van der Waals surface area contributed by atoms with Gasteiger partial charge in [-0.05, 0) is 20.8 Å². The summed E-state index contributed by atoms with van der Waals surface area (Å²) >= 11 is 0. The van der Waals surface area contributed by atoms with Gasteiger partial charge in [0.2, 0.25) is 15.9 Å². The Morgan fingerprint density at radius 3 is 2.50 bits per heavy atom. The number of hydrogen-bond acceptors (Lipinski definition) is 6. The second kappa shape index (κ2) is 9.37. The van der Waals surface area contributed by atoms with Gasteiger partial charge in [-0.15, -0.1) is 0 Å². The highest BCUT2D eigenvalue weighted by Gasteiger charge is 2.31. The molecule has 11 heteroatoms. The van der Waals surface area contributed by atoms with Crippen LogP contribution in [0.4, 0.5) is 0 Å². The van der Waals surface area contributed by atoms with Gasteiger partial charge < -0.3 is 20.1 Å². The lowest BCUT2D eigenvalue weighted by Crippen LogP contribution is -2.55. The van der Waals surface area contributed by atoms with Gasteiger partial charge >= 0.3 is 0 Å². The molecule has 0 saturated carbocycles. The fourth-order valence-corrected chi connectivity index (χ4v) is 4.31. The van der Waals surface area contributed by atoms with Crippen molar-refractivity contribution in [3.05, 3.63) is 18.0 Å². The van der Waals surface area contributed by atoms with Crippen LogP contribution in [0.1, 0.15) is 26.5 Å². The first-order valence-corrected chi connectivity index (χ1v) is 10.9. The number of carbonyl (C=O) groups excluding carboxylic acids is 1. The number of nitrogens with zero attached hydrogens (tertiary/aromatic N) is 4. The molecule has 1 saturated heterocycles. The highest BCUT2D eigenvalue weighted by Crippen LogP contribution is 2.15. The first kappa shape index (κ1) is 22.2. The lowest BCUT2D eigenvalue weighted by molar-refractivity contribution is -0.128. The van der Waals surface area contributed by atoms with Gasteiger partial charge in [0, 0.05) is 52.4 Å². The minimum atomic E-state index is -3.44. The molecule has 0 bridgehead atoms. The lowest BCUT2D eigenvalue weighted by atomic mass is 9.92. The molecule has 0 aromatic carbocycles.